The van der Waals surface area contributed by atoms with Gasteiger partial charge in [0.1, 0.15) is 13.1 Å². The van der Waals surface area contributed by atoms with E-state index in [1.165, 1.54) is 4.68 Å². The Hall–Kier alpha value is -1.61. The van der Waals surface area contributed by atoms with Crippen molar-refractivity contribution in [3.63, 3.8) is 0 Å². The maximum absolute atomic E-state index is 12.1. The van der Waals surface area contributed by atoms with Gasteiger partial charge in [0.2, 0.25) is 5.91 Å². The van der Waals surface area contributed by atoms with E-state index in [0.29, 0.717) is 13.2 Å². The average Bonchev–Trinajstić information content (AvgIpc) is 2.72. The summed E-state index contributed by atoms with van der Waals surface area (Å²) < 4.78 is 43.3. The Balaban J connectivity index is 2.09. The van der Waals surface area contributed by atoms with Gasteiger partial charge >= 0.3 is 6.18 Å². The van der Waals surface area contributed by atoms with Crippen LogP contribution in [0.1, 0.15) is 23.0 Å². The molecule has 0 radical (unpaired) electrons. The molecule has 130 valence electrons. The van der Waals surface area contributed by atoms with Gasteiger partial charge in [0.15, 0.2) is 0 Å². The molecule has 1 fully saturated rings. The van der Waals surface area contributed by atoms with Gasteiger partial charge in [-0.25, -0.2) is 0 Å². The summed E-state index contributed by atoms with van der Waals surface area (Å²) in [6.07, 6.45) is -4.42. The van der Waals surface area contributed by atoms with Crippen LogP contribution in [0.4, 0.5) is 13.2 Å². The second-order valence-electron chi connectivity index (χ2n) is 5.71. The number of hydrogen-bond acceptors (Lipinski definition) is 4. The standard InChI is InChI=1S/C14H21F3N4O2/c1-9-13(11-7-23-5-4-20(11)3)10(2)21(19-9)6-12(22)18-8-14(15,16)17/h11H,4-8H2,1-3H3,(H,18,22). The minimum atomic E-state index is -4.42. The van der Waals surface area contributed by atoms with Gasteiger partial charge < -0.3 is 10.1 Å². The monoisotopic (exact) mass is 334 g/mol. The summed E-state index contributed by atoms with van der Waals surface area (Å²) in [5.74, 6) is -0.715. The molecule has 1 aromatic heterocycles. The van der Waals surface area contributed by atoms with E-state index >= 15 is 0 Å². The molecule has 1 saturated heterocycles. The number of nitrogens with zero attached hydrogens (tertiary/aromatic N) is 3. The molecule has 1 amide bonds. The highest BCUT2D eigenvalue weighted by atomic mass is 19.4. The number of carbonyl (C=O) groups excluding carboxylic acids is 1. The van der Waals surface area contributed by atoms with Gasteiger partial charge in [-0.2, -0.15) is 18.3 Å². The van der Waals surface area contributed by atoms with Gasteiger partial charge in [-0.3, -0.25) is 14.4 Å². The molecule has 1 aromatic rings. The molecule has 2 heterocycles. The van der Waals surface area contributed by atoms with Gasteiger partial charge in [-0.1, -0.05) is 0 Å². The number of alkyl halides is 3. The maximum Gasteiger partial charge on any atom is 0.405 e. The maximum atomic E-state index is 12.1. The summed E-state index contributed by atoms with van der Waals surface area (Å²) in [4.78, 5) is 13.8. The largest absolute Gasteiger partial charge is 0.405 e. The number of nitrogens with one attached hydrogen (secondary N) is 1. The number of aryl methyl sites for hydroxylation is 1. The minimum Gasteiger partial charge on any atom is -0.378 e. The molecular formula is C14H21F3N4O2. The van der Waals surface area contributed by atoms with E-state index in [9.17, 15) is 18.0 Å². The first-order valence-corrected chi connectivity index (χ1v) is 7.34. The van der Waals surface area contributed by atoms with Crippen LogP contribution in [0.3, 0.4) is 0 Å². The molecule has 1 aliphatic rings. The van der Waals surface area contributed by atoms with Crippen LogP contribution in [0.25, 0.3) is 0 Å². The Kier molecular flexibility index (Phi) is 5.30. The van der Waals surface area contributed by atoms with Crippen molar-refractivity contribution in [1.82, 2.24) is 20.0 Å². The second kappa shape index (κ2) is 6.88. The molecule has 0 bridgehead atoms. The summed E-state index contributed by atoms with van der Waals surface area (Å²) in [6, 6.07) is 0.0377. The zero-order valence-electron chi connectivity index (χ0n) is 13.4. The molecule has 1 aliphatic heterocycles. The first-order chi connectivity index (χ1) is 10.7. The number of hydrogen-bond donors (Lipinski definition) is 1. The van der Waals surface area contributed by atoms with Crippen LogP contribution in [-0.4, -0.2) is 60.1 Å². The molecular weight excluding hydrogens is 313 g/mol. The van der Waals surface area contributed by atoms with E-state index < -0.39 is 18.6 Å². The lowest BCUT2D eigenvalue weighted by molar-refractivity contribution is -0.138. The number of aromatic nitrogens is 2. The van der Waals surface area contributed by atoms with Crippen molar-refractivity contribution in [2.45, 2.75) is 32.6 Å². The van der Waals surface area contributed by atoms with E-state index in [1.807, 2.05) is 26.2 Å². The number of morpholine rings is 1. The smallest absolute Gasteiger partial charge is 0.378 e. The van der Waals surface area contributed by atoms with Crippen LogP contribution in [0.15, 0.2) is 0 Å². The molecule has 2 rings (SSSR count). The normalized spacial score (nSPS) is 19.8. The van der Waals surface area contributed by atoms with Crippen molar-refractivity contribution < 1.29 is 22.7 Å². The van der Waals surface area contributed by atoms with Crippen molar-refractivity contribution >= 4 is 5.91 Å². The Morgan fingerprint density at radius 3 is 2.74 bits per heavy atom. The molecule has 23 heavy (non-hydrogen) atoms. The molecule has 0 aromatic carbocycles. The van der Waals surface area contributed by atoms with Crippen molar-refractivity contribution in [2.24, 2.45) is 0 Å². The molecule has 1 unspecified atom stereocenters. The predicted molar refractivity (Wildman–Crippen MR) is 77.0 cm³/mol. The summed E-state index contributed by atoms with van der Waals surface area (Å²) in [7, 11) is 1.99. The fourth-order valence-corrected chi connectivity index (χ4v) is 2.73. The summed E-state index contributed by atoms with van der Waals surface area (Å²) in [5.41, 5.74) is 2.50. The number of halogens is 3. The lowest BCUT2D eigenvalue weighted by Gasteiger charge is -2.32. The second-order valence-corrected chi connectivity index (χ2v) is 5.71. The zero-order chi connectivity index (χ0) is 17.2. The van der Waals surface area contributed by atoms with Crippen molar-refractivity contribution in [3.05, 3.63) is 17.0 Å². The predicted octanol–water partition coefficient (Wildman–Crippen LogP) is 1.18. The third kappa shape index (κ3) is 4.44. The van der Waals surface area contributed by atoms with Crippen LogP contribution in [0, 0.1) is 13.8 Å². The molecule has 0 spiro atoms. The van der Waals surface area contributed by atoms with E-state index in [1.54, 1.807) is 0 Å². The van der Waals surface area contributed by atoms with E-state index in [0.717, 1.165) is 23.5 Å². The minimum absolute atomic E-state index is 0.0377. The van der Waals surface area contributed by atoms with Gasteiger partial charge in [-0.05, 0) is 20.9 Å². The highest BCUT2D eigenvalue weighted by molar-refractivity contribution is 5.75. The lowest BCUT2D eigenvalue weighted by atomic mass is 10.0. The van der Waals surface area contributed by atoms with E-state index in [2.05, 4.69) is 10.00 Å². The van der Waals surface area contributed by atoms with Crippen molar-refractivity contribution in [1.29, 1.82) is 0 Å². The third-order valence-corrected chi connectivity index (χ3v) is 3.95. The quantitative estimate of drug-likeness (QED) is 0.898. The fourth-order valence-electron chi connectivity index (χ4n) is 2.73. The topological polar surface area (TPSA) is 59.4 Å². The number of rotatable bonds is 4. The van der Waals surface area contributed by atoms with Crippen LogP contribution in [0.2, 0.25) is 0 Å². The van der Waals surface area contributed by atoms with Gasteiger partial charge in [0.25, 0.3) is 0 Å². The third-order valence-electron chi connectivity index (χ3n) is 3.95. The number of carbonyl (C=O) groups is 1. The summed E-state index contributed by atoms with van der Waals surface area (Å²) in [5, 5.41) is 6.15. The Morgan fingerprint density at radius 2 is 2.13 bits per heavy atom. The Labute approximate surface area is 132 Å². The van der Waals surface area contributed by atoms with E-state index in [-0.39, 0.29) is 12.6 Å². The lowest BCUT2D eigenvalue weighted by Crippen LogP contribution is -2.37. The molecule has 1 atom stereocenters. The number of ether oxygens (including phenoxy) is 1. The Morgan fingerprint density at radius 1 is 1.43 bits per heavy atom. The summed E-state index contributed by atoms with van der Waals surface area (Å²) in [6.45, 7) is 4.06. The molecule has 0 aliphatic carbocycles. The van der Waals surface area contributed by atoms with Gasteiger partial charge in [0, 0.05) is 17.8 Å². The Bertz CT molecular complexity index is 571. The van der Waals surface area contributed by atoms with E-state index in [4.69, 9.17) is 4.74 Å². The van der Waals surface area contributed by atoms with Crippen LogP contribution in [0.5, 0.6) is 0 Å². The van der Waals surface area contributed by atoms with Gasteiger partial charge in [-0.15, -0.1) is 0 Å². The highest BCUT2D eigenvalue weighted by Crippen LogP contribution is 2.28. The average molecular weight is 334 g/mol. The molecule has 0 saturated carbocycles. The van der Waals surface area contributed by atoms with Crippen LogP contribution < -0.4 is 5.32 Å². The van der Waals surface area contributed by atoms with Crippen molar-refractivity contribution in [2.75, 3.05) is 33.4 Å². The molecule has 9 heteroatoms. The molecule has 6 nitrogen and oxygen atoms in total. The first-order valence-electron chi connectivity index (χ1n) is 7.34. The summed E-state index contributed by atoms with van der Waals surface area (Å²) >= 11 is 0. The fraction of sp³-hybridized carbons (Fsp3) is 0.714. The van der Waals surface area contributed by atoms with Crippen LogP contribution >= 0.6 is 0 Å². The van der Waals surface area contributed by atoms with Crippen molar-refractivity contribution in [3.8, 4) is 0 Å². The SMILES string of the molecule is Cc1nn(CC(=O)NCC(F)(F)F)c(C)c1C1COCCN1C. The van der Waals surface area contributed by atoms with Gasteiger partial charge in [0.05, 0.1) is 24.9 Å². The highest BCUT2D eigenvalue weighted by Gasteiger charge is 2.29. The van der Waals surface area contributed by atoms with Crippen LogP contribution in [-0.2, 0) is 16.1 Å². The first kappa shape index (κ1) is 17.7. The number of likely N-dealkylation sites (N-methyl/N-ethyl adjacent to an activating group) is 1. The number of amides is 1. The molecule has 1 N–H and O–H groups in total. The zero-order valence-corrected chi connectivity index (χ0v) is 13.4.